The maximum atomic E-state index is 12.5. The Labute approximate surface area is 167 Å². The van der Waals surface area contributed by atoms with Crippen LogP contribution in [0, 0.1) is 0 Å². The van der Waals surface area contributed by atoms with Crippen molar-refractivity contribution in [3.8, 4) is 0 Å². The molecule has 0 atom stereocenters. The van der Waals surface area contributed by atoms with Crippen molar-refractivity contribution >= 4 is 11.9 Å². The van der Waals surface area contributed by atoms with Crippen molar-refractivity contribution in [3.05, 3.63) is 11.1 Å². The molecule has 0 heterocycles. The largest absolute Gasteiger partial charge is 0.462 e. The predicted octanol–water partition coefficient (Wildman–Crippen LogP) is 6.52. The second-order valence-electron chi connectivity index (χ2n) is 7.20. The highest BCUT2D eigenvalue weighted by Gasteiger charge is 2.22. The fraction of sp³-hybridized carbons (Fsp3) is 0.826. The van der Waals surface area contributed by atoms with Gasteiger partial charge in [0.15, 0.2) is 0 Å². The third-order valence-corrected chi connectivity index (χ3v) is 4.51. The normalized spacial score (nSPS) is 11.9. The van der Waals surface area contributed by atoms with E-state index in [1.165, 1.54) is 38.5 Å². The third-order valence-electron chi connectivity index (χ3n) is 4.51. The highest BCUT2D eigenvalue weighted by atomic mass is 16.5. The Morgan fingerprint density at radius 2 is 0.963 bits per heavy atom. The second kappa shape index (κ2) is 18.1. The maximum Gasteiger partial charge on any atom is 0.334 e. The Balaban J connectivity index is 4.85. The number of esters is 2. The van der Waals surface area contributed by atoms with Crippen molar-refractivity contribution in [2.45, 2.75) is 111 Å². The molecule has 0 bridgehead atoms. The number of hydrogen-bond donors (Lipinski definition) is 0. The Morgan fingerprint density at radius 1 is 0.519 bits per heavy atom. The topological polar surface area (TPSA) is 52.6 Å². The van der Waals surface area contributed by atoms with Crippen LogP contribution in [-0.4, -0.2) is 25.2 Å². The van der Waals surface area contributed by atoms with E-state index in [0.717, 1.165) is 32.1 Å². The van der Waals surface area contributed by atoms with Crippen LogP contribution >= 0.6 is 0 Å². The molecular weight excluding hydrogens is 340 g/mol. The second-order valence-corrected chi connectivity index (χ2v) is 7.20. The number of hydrogen-bond acceptors (Lipinski definition) is 4. The van der Waals surface area contributed by atoms with Gasteiger partial charge in [-0.2, -0.15) is 0 Å². The van der Waals surface area contributed by atoms with Crippen LogP contribution in [0.1, 0.15) is 111 Å². The lowest BCUT2D eigenvalue weighted by atomic mass is 9.97. The lowest BCUT2D eigenvalue weighted by Crippen LogP contribution is -2.17. The highest BCUT2D eigenvalue weighted by Crippen LogP contribution is 2.22. The quantitative estimate of drug-likeness (QED) is 0.163. The van der Waals surface area contributed by atoms with Crippen molar-refractivity contribution in [1.82, 2.24) is 0 Å². The van der Waals surface area contributed by atoms with Crippen LogP contribution in [0.3, 0.4) is 0 Å². The molecule has 0 saturated carbocycles. The van der Waals surface area contributed by atoms with Gasteiger partial charge in [-0.1, -0.05) is 79.1 Å². The molecule has 0 saturated heterocycles. The molecule has 0 aliphatic rings. The predicted molar refractivity (Wildman–Crippen MR) is 112 cm³/mol. The SMILES string of the molecule is CCCCCCCCCCC(C(=O)OCCC)=C(CCC)C(=O)OCCC. The van der Waals surface area contributed by atoms with Gasteiger partial charge in [-0.05, 0) is 32.1 Å². The summed E-state index contributed by atoms with van der Waals surface area (Å²) >= 11 is 0. The van der Waals surface area contributed by atoms with Gasteiger partial charge >= 0.3 is 11.9 Å². The van der Waals surface area contributed by atoms with Crippen LogP contribution in [0.15, 0.2) is 11.1 Å². The van der Waals surface area contributed by atoms with Crippen molar-refractivity contribution < 1.29 is 19.1 Å². The summed E-state index contributed by atoms with van der Waals surface area (Å²) in [6, 6.07) is 0. The summed E-state index contributed by atoms with van der Waals surface area (Å²) < 4.78 is 10.7. The highest BCUT2D eigenvalue weighted by molar-refractivity contribution is 6.00. The van der Waals surface area contributed by atoms with Gasteiger partial charge < -0.3 is 9.47 Å². The van der Waals surface area contributed by atoms with E-state index < -0.39 is 0 Å². The molecule has 0 aliphatic heterocycles. The zero-order valence-electron chi connectivity index (χ0n) is 18.2. The summed E-state index contributed by atoms with van der Waals surface area (Å²) in [6.07, 6.45) is 13.2. The van der Waals surface area contributed by atoms with E-state index in [2.05, 4.69) is 6.92 Å². The van der Waals surface area contributed by atoms with Crippen LogP contribution < -0.4 is 0 Å². The fourth-order valence-electron chi connectivity index (χ4n) is 3.00. The molecule has 0 amide bonds. The molecule has 27 heavy (non-hydrogen) atoms. The van der Waals surface area contributed by atoms with Crippen molar-refractivity contribution in [2.24, 2.45) is 0 Å². The van der Waals surface area contributed by atoms with Crippen LogP contribution in [-0.2, 0) is 19.1 Å². The lowest BCUT2D eigenvalue weighted by Gasteiger charge is -2.14. The summed E-state index contributed by atoms with van der Waals surface area (Å²) in [7, 11) is 0. The first-order valence-electron chi connectivity index (χ1n) is 11.2. The van der Waals surface area contributed by atoms with Crippen molar-refractivity contribution in [3.63, 3.8) is 0 Å². The molecule has 4 heteroatoms. The van der Waals surface area contributed by atoms with Gasteiger partial charge in [0.05, 0.1) is 13.2 Å². The molecule has 0 aromatic carbocycles. The van der Waals surface area contributed by atoms with Gasteiger partial charge in [0, 0.05) is 11.1 Å². The number of carbonyl (C=O) groups is 2. The molecular formula is C23H42O4. The van der Waals surface area contributed by atoms with Gasteiger partial charge in [0.1, 0.15) is 0 Å². The molecule has 0 spiro atoms. The number of carbonyl (C=O) groups excluding carboxylic acids is 2. The smallest absolute Gasteiger partial charge is 0.334 e. The zero-order chi connectivity index (χ0) is 20.3. The molecule has 0 fully saturated rings. The molecule has 0 rings (SSSR count). The van der Waals surface area contributed by atoms with E-state index in [1.54, 1.807) is 0 Å². The van der Waals surface area contributed by atoms with Gasteiger partial charge in [0.25, 0.3) is 0 Å². The summed E-state index contributed by atoms with van der Waals surface area (Å²) in [5.74, 6) is -0.682. The number of unbranched alkanes of at least 4 members (excludes halogenated alkanes) is 7. The molecule has 0 unspecified atom stereocenters. The summed E-state index contributed by atoms with van der Waals surface area (Å²) in [6.45, 7) is 8.96. The van der Waals surface area contributed by atoms with E-state index >= 15 is 0 Å². The van der Waals surface area contributed by atoms with E-state index in [-0.39, 0.29) is 11.9 Å². The Morgan fingerprint density at radius 3 is 1.41 bits per heavy atom. The lowest BCUT2D eigenvalue weighted by molar-refractivity contribution is -0.142. The first kappa shape index (κ1) is 25.7. The third kappa shape index (κ3) is 12.6. The molecule has 158 valence electrons. The minimum atomic E-state index is -0.346. The van der Waals surface area contributed by atoms with Crippen molar-refractivity contribution in [1.29, 1.82) is 0 Å². The van der Waals surface area contributed by atoms with Crippen LogP contribution in [0.5, 0.6) is 0 Å². The van der Waals surface area contributed by atoms with Crippen molar-refractivity contribution in [2.75, 3.05) is 13.2 Å². The van der Waals surface area contributed by atoms with Crippen LogP contribution in [0.25, 0.3) is 0 Å². The zero-order valence-corrected chi connectivity index (χ0v) is 18.2. The monoisotopic (exact) mass is 382 g/mol. The average Bonchev–Trinajstić information content (AvgIpc) is 2.67. The maximum absolute atomic E-state index is 12.5. The van der Waals surface area contributed by atoms with E-state index in [0.29, 0.717) is 37.2 Å². The van der Waals surface area contributed by atoms with Crippen LogP contribution in [0.2, 0.25) is 0 Å². The first-order valence-corrected chi connectivity index (χ1v) is 11.2. The molecule has 0 radical (unpaired) electrons. The Kier molecular flexibility index (Phi) is 17.2. The standard InChI is InChI=1S/C23H42O4/c1-5-9-10-11-12-13-14-15-17-21(23(25)27-19-8-4)20(16-6-2)22(24)26-18-7-3/h5-19H2,1-4H3. The average molecular weight is 383 g/mol. The van der Waals surface area contributed by atoms with E-state index in [9.17, 15) is 9.59 Å². The minimum absolute atomic E-state index is 0.336. The molecule has 4 nitrogen and oxygen atoms in total. The summed E-state index contributed by atoms with van der Waals surface area (Å²) in [5, 5.41) is 0. The number of rotatable bonds is 17. The molecule has 0 N–H and O–H groups in total. The van der Waals surface area contributed by atoms with Gasteiger partial charge in [-0.25, -0.2) is 9.59 Å². The minimum Gasteiger partial charge on any atom is -0.462 e. The number of ether oxygens (including phenoxy) is 2. The van der Waals surface area contributed by atoms with Gasteiger partial charge in [-0.3, -0.25) is 0 Å². The van der Waals surface area contributed by atoms with Crippen LogP contribution in [0.4, 0.5) is 0 Å². The Hall–Kier alpha value is -1.32. The summed E-state index contributed by atoms with van der Waals surface area (Å²) in [4.78, 5) is 25.0. The first-order chi connectivity index (χ1) is 13.1. The van der Waals surface area contributed by atoms with E-state index in [4.69, 9.17) is 9.47 Å². The Bertz CT molecular complexity index is 426. The summed E-state index contributed by atoms with van der Waals surface area (Å²) in [5.41, 5.74) is 1.06. The van der Waals surface area contributed by atoms with Gasteiger partial charge in [0.2, 0.25) is 0 Å². The fourth-order valence-corrected chi connectivity index (χ4v) is 3.00. The molecule has 0 aliphatic carbocycles. The van der Waals surface area contributed by atoms with Gasteiger partial charge in [-0.15, -0.1) is 0 Å². The van der Waals surface area contributed by atoms with E-state index in [1.807, 2.05) is 20.8 Å². The molecule has 0 aromatic rings. The molecule has 0 aromatic heterocycles.